The Balaban J connectivity index is 3.96. The van der Waals surface area contributed by atoms with Crippen molar-refractivity contribution >= 4 is 15.9 Å². The molecule has 96 valence electrons. The molecule has 0 rings (SSSR count). The minimum atomic E-state index is -3.27. The topological polar surface area (TPSA) is 101 Å². The van der Waals surface area contributed by atoms with Crippen molar-refractivity contribution in [3.8, 4) is 0 Å². The monoisotopic (exact) mass is 251 g/mol. The highest BCUT2D eigenvalue weighted by atomic mass is 32.2. The summed E-state index contributed by atoms with van der Waals surface area (Å²) in [5.74, 6) is -0.651. The van der Waals surface area contributed by atoms with Gasteiger partial charge in [0.05, 0.1) is 5.75 Å². The molecule has 0 fully saturated rings. The van der Waals surface area contributed by atoms with Gasteiger partial charge in [0.1, 0.15) is 0 Å². The molecule has 1 amide bonds. The third-order valence-corrected chi connectivity index (χ3v) is 3.71. The molecule has 0 spiro atoms. The Morgan fingerprint density at radius 2 is 1.94 bits per heavy atom. The van der Waals surface area contributed by atoms with Crippen LogP contribution in [0.25, 0.3) is 0 Å². The number of rotatable bonds is 7. The van der Waals surface area contributed by atoms with Crippen LogP contribution < -0.4 is 15.8 Å². The maximum absolute atomic E-state index is 11.4. The van der Waals surface area contributed by atoms with Crippen LogP contribution in [0.2, 0.25) is 0 Å². The van der Waals surface area contributed by atoms with Gasteiger partial charge in [-0.1, -0.05) is 13.8 Å². The van der Waals surface area contributed by atoms with Gasteiger partial charge in [-0.05, 0) is 6.92 Å². The van der Waals surface area contributed by atoms with Crippen LogP contribution in [0.5, 0.6) is 0 Å². The standard InChI is InChI=1S/C9H21N3O3S/c1-4-12-16(14,15)6-5-11-9(13)7(2)8(3)10/h7-8,12H,4-6,10H2,1-3H3,(H,11,13). The molecule has 0 aromatic heterocycles. The highest BCUT2D eigenvalue weighted by Gasteiger charge is 2.17. The van der Waals surface area contributed by atoms with E-state index in [0.29, 0.717) is 6.54 Å². The first-order chi connectivity index (χ1) is 7.30. The average molecular weight is 251 g/mol. The van der Waals surface area contributed by atoms with Gasteiger partial charge in [-0.3, -0.25) is 4.79 Å². The van der Waals surface area contributed by atoms with Gasteiger partial charge >= 0.3 is 0 Å². The second-order valence-corrected chi connectivity index (χ2v) is 5.68. The fraction of sp³-hybridized carbons (Fsp3) is 0.889. The Bertz CT molecular complexity index is 314. The fourth-order valence-electron chi connectivity index (χ4n) is 1.00. The first-order valence-corrected chi connectivity index (χ1v) is 6.96. The van der Waals surface area contributed by atoms with Crippen molar-refractivity contribution in [2.45, 2.75) is 26.8 Å². The lowest BCUT2D eigenvalue weighted by Crippen LogP contribution is -2.41. The molecule has 2 unspecified atom stereocenters. The minimum Gasteiger partial charge on any atom is -0.355 e. The third-order valence-electron chi connectivity index (χ3n) is 2.24. The number of carbonyl (C=O) groups excluding carboxylic acids is 1. The largest absolute Gasteiger partial charge is 0.355 e. The van der Waals surface area contributed by atoms with Crippen molar-refractivity contribution in [2.75, 3.05) is 18.8 Å². The lowest BCUT2D eigenvalue weighted by molar-refractivity contribution is -0.124. The molecular formula is C9H21N3O3S. The van der Waals surface area contributed by atoms with Crippen LogP contribution in [0.15, 0.2) is 0 Å². The van der Waals surface area contributed by atoms with E-state index in [-0.39, 0.29) is 30.2 Å². The molecule has 0 heterocycles. The van der Waals surface area contributed by atoms with Crippen molar-refractivity contribution < 1.29 is 13.2 Å². The zero-order valence-electron chi connectivity index (χ0n) is 9.99. The predicted octanol–water partition coefficient (Wildman–Crippen LogP) is -0.975. The zero-order chi connectivity index (χ0) is 12.8. The summed E-state index contributed by atoms with van der Waals surface area (Å²) < 4.78 is 24.8. The van der Waals surface area contributed by atoms with Crippen molar-refractivity contribution in [3.05, 3.63) is 0 Å². The number of nitrogens with two attached hydrogens (primary N) is 1. The summed E-state index contributed by atoms with van der Waals surface area (Å²) in [6.45, 7) is 5.60. The normalized spacial score (nSPS) is 15.5. The summed E-state index contributed by atoms with van der Waals surface area (Å²) in [6, 6.07) is -0.245. The van der Waals surface area contributed by atoms with E-state index in [2.05, 4.69) is 10.0 Å². The van der Waals surface area contributed by atoms with E-state index in [9.17, 15) is 13.2 Å². The summed E-state index contributed by atoms with van der Waals surface area (Å²) in [6.07, 6.45) is 0. The number of amides is 1. The fourth-order valence-corrected chi connectivity index (χ4v) is 1.96. The molecule has 7 heteroatoms. The molecule has 0 radical (unpaired) electrons. The SMILES string of the molecule is CCNS(=O)(=O)CCNC(=O)C(C)C(C)N. The van der Waals surface area contributed by atoms with Gasteiger partial charge in [0.15, 0.2) is 0 Å². The first-order valence-electron chi connectivity index (χ1n) is 5.30. The molecule has 0 bridgehead atoms. The van der Waals surface area contributed by atoms with Gasteiger partial charge < -0.3 is 11.1 Å². The van der Waals surface area contributed by atoms with E-state index in [1.54, 1.807) is 20.8 Å². The molecule has 16 heavy (non-hydrogen) atoms. The van der Waals surface area contributed by atoms with Crippen molar-refractivity contribution in [1.29, 1.82) is 0 Å². The van der Waals surface area contributed by atoms with E-state index in [1.807, 2.05) is 0 Å². The Morgan fingerprint density at radius 3 is 2.38 bits per heavy atom. The van der Waals surface area contributed by atoms with Crippen LogP contribution >= 0.6 is 0 Å². The van der Waals surface area contributed by atoms with Crippen molar-refractivity contribution in [2.24, 2.45) is 11.7 Å². The summed E-state index contributed by atoms with van der Waals surface area (Å²) in [5.41, 5.74) is 5.55. The molecule has 6 nitrogen and oxygen atoms in total. The molecule has 2 atom stereocenters. The van der Waals surface area contributed by atoms with E-state index >= 15 is 0 Å². The average Bonchev–Trinajstić information content (AvgIpc) is 2.15. The van der Waals surface area contributed by atoms with Crippen LogP contribution in [0.1, 0.15) is 20.8 Å². The third kappa shape index (κ3) is 6.04. The summed E-state index contributed by atoms with van der Waals surface area (Å²) in [5, 5.41) is 2.54. The lowest BCUT2D eigenvalue weighted by atomic mass is 10.0. The van der Waals surface area contributed by atoms with Crippen molar-refractivity contribution in [1.82, 2.24) is 10.0 Å². The lowest BCUT2D eigenvalue weighted by Gasteiger charge is -2.15. The zero-order valence-corrected chi connectivity index (χ0v) is 10.8. The molecule has 0 aromatic carbocycles. The molecule has 0 aliphatic rings. The molecule has 0 aliphatic heterocycles. The second kappa shape index (κ2) is 6.82. The minimum absolute atomic E-state index is 0.102. The van der Waals surface area contributed by atoms with Crippen LogP contribution in [0.3, 0.4) is 0 Å². The number of sulfonamides is 1. The Labute approximate surface area is 97.0 Å². The quantitative estimate of drug-likeness (QED) is 0.541. The second-order valence-electron chi connectivity index (χ2n) is 3.76. The Morgan fingerprint density at radius 1 is 1.38 bits per heavy atom. The van der Waals surface area contributed by atoms with Gasteiger partial charge in [0.25, 0.3) is 0 Å². The van der Waals surface area contributed by atoms with Gasteiger partial charge in [0, 0.05) is 25.0 Å². The molecule has 0 saturated carbocycles. The molecule has 0 aromatic rings. The molecular weight excluding hydrogens is 230 g/mol. The maximum atomic E-state index is 11.4. The number of hydrogen-bond acceptors (Lipinski definition) is 4. The summed E-state index contributed by atoms with van der Waals surface area (Å²) in [7, 11) is -3.27. The predicted molar refractivity (Wildman–Crippen MR) is 63.3 cm³/mol. The molecule has 0 saturated heterocycles. The first kappa shape index (κ1) is 15.3. The Hall–Kier alpha value is -0.660. The van der Waals surface area contributed by atoms with Crippen molar-refractivity contribution in [3.63, 3.8) is 0 Å². The van der Waals surface area contributed by atoms with E-state index in [0.717, 1.165) is 0 Å². The number of carbonyl (C=O) groups is 1. The molecule has 0 aliphatic carbocycles. The van der Waals surface area contributed by atoms with Gasteiger partial charge in [0.2, 0.25) is 15.9 Å². The smallest absolute Gasteiger partial charge is 0.224 e. The summed E-state index contributed by atoms with van der Waals surface area (Å²) in [4.78, 5) is 11.4. The van der Waals surface area contributed by atoms with E-state index < -0.39 is 10.0 Å². The number of nitrogens with one attached hydrogen (secondary N) is 2. The van der Waals surface area contributed by atoms with Crippen LogP contribution in [-0.2, 0) is 14.8 Å². The summed E-state index contributed by atoms with van der Waals surface area (Å²) >= 11 is 0. The van der Waals surface area contributed by atoms with Crippen LogP contribution in [0, 0.1) is 5.92 Å². The van der Waals surface area contributed by atoms with E-state index in [1.165, 1.54) is 0 Å². The van der Waals surface area contributed by atoms with E-state index in [4.69, 9.17) is 5.73 Å². The highest BCUT2D eigenvalue weighted by molar-refractivity contribution is 7.89. The van der Waals surface area contributed by atoms with Gasteiger partial charge in [-0.15, -0.1) is 0 Å². The van der Waals surface area contributed by atoms with Crippen LogP contribution in [0.4, 0.5) is 0 Å². The highest BCUT2D eigenvalue weighted by Crippen LogP contribution is 1.98. The molecule has 4 N–H and O–H groups in total. The van der Waals surface area contributed by atoms with Gasteiger partial charge in [-0.2, -0.15) is 0 Å². The van der Waals surface area contributed by atoms with Crippen LogP contribution in [-0.4, -0.2) is 39.2 Å². The number of hydrogen-bond donors (Lipinski definition) is 3. The Kier molecular flexibility index (Phi) is 6.54. The van der Waals surface area contributed by atoms with Gasteiger partial charge in [-0.25, -0.2) is 13.1 Å². The maximum Gasteiger partial charge on any atom is 0.224 e.